The molecule has 7 nitrogen and oxygen atoms in total. The Hall–Kier alpha value is -2.92. The molecule has 9 heteroatoms. The van der Waals surface area contributed by atoms with Crippen molar-refractivity contribution in [2.24, 2.45) is 0 Å². The topological polar surface area (TPSA) is 86.8 Å². The second-order valence-electron chi connectivity index (χ2n) is 10.0. The summed E-state index contributed by atoms with van der Waals surface area (Å²) in [6.07, 6.45) is 5.02. The molecule has 0 aliphatic heterocycles. The molecular weight excluding hydrogens is 637 g/mol. The summed E-state index contributed by atoms with van der Waals surface area (Å²) >= 11 is 2.16. The van der Waals surface area contributed by atoms with Gasteiger partial charge in [-0.05, 0) is 90.2 Å². The minimum Gasteiger partial charge on any atom is -0.352 e. The molecule has 4 rings (SSSR count). The Morgan fingerprint density at radius 3 is 2.12 bits per heavy atom. The van der Waals surface area contributed by atoms with Crippen LogP contribution in [0.4, 0.5) is 5.69 Å². The van der Waals surface area contributed by atoms with Gasteiger partial charge in [-0.3, -0.25) is 13.9 Å². The van der Waals surface area contributed by atoms with Gasteiger partial charge in [0.1, 0.15) is 12.6 Å². The fourth-order valence-corrected chi connectivity index (χ4v) is 6.91. The molecule has 0 saturated heterocycles. The molecule has 0 heterocycles. The number of benzene rings is 3. The monoisotopic (exact) mass is 673 g/mol. The summed E-state index contributed by atoms with van der Waals surface area (Å²) < 4.78 is 29.8. The first-order valence-electron chi connectivity index (χ1n) is 13.8. The molecule has 0 aromatic heterocycles. The maximum absolute atomic E-state index is 14.1. The fraction of sp³-hybridized carbons (Fsp3) is 0.355. The van der Waals surface area contributed by atoms with Crippen LogP contribution in [0.15, 0.2) is 89.8 Å². The van der Waals surface area contributed by atoms with Crippen LogP contribution in [-0.2, 0) is 26.0 Å². The maximum atomic E-state index is 14.1. The van der Waals surface area contributed by atoms with E-state index in [0.29, 0.717) is 25.1 Å². The predicted octanol–water partition coefficient (Wildman–Crippen LogP) is 5.40. The summed E-state index contributed by atoms with van der Waals surface area (Å²) in [5.74, 6) is -0.593. The smallest absolute Gasteiger partial charge is 0.264 e. The van der Waals surface area contributed by atoms with Crippen molar-refractivity contribution in [2.75, 3.05) is 17.4 Å². The van der Waals surface area contributed by atoms with E-state index < -0.39 is 28.5 Å². The van der Waals surface area contributed by atoms with E-state index in [0.717, 1.165) is 39.1 Å². The van der Waals surface area contributed by atoms with Gasteiger partial charge in [-0.15, -0.1) is 0 Å². The zero-order valence-corrected chi connectivity index (χ0v) is 25.7. The number of carbonyl (C=O) groups excluding carboxylic acids is 2. The number of hydrogen-bond donors (Lipinski definition) is 1. The number of sulfonamides is 1. The fourth-order valence-electron chi connectivity index (χ4n) is 5.12. The second-order valence-corrected chi connectivity index (χ2v) is 13.1. The van der Waals surface area contributed by atoms with Crippen molar-refractivity contribution in [3.63, 3.8) is 0 Å². The van der Waals surface area contributed by atoms with Crippen molar-refractivity contribution >= 4 is 50.1 Å². The minimum atomic E-state index is -4.05. The predicted molar refractivity (Wildman–Crippen MR) is 166 cm³/mol. The summed E-state index contributed by atoms with van der Waals surface area (Å²) in [5.41, 5.74) is 1.43. The lowest BCUT2D eigenvalue weighted by molar-refractivity contribution is -0.139. The van der Waals surface area contributed by atoms with Crippen molar-refractivity contribution < 1.29 is 18.0 Å². The first-order chi connectivity index (χ1) is 19.3. The van der Waals surface area contributed by atoms with Gasteiger partial charge in [0.05, 0.1) is 10.6 Å². The van der Waals surface area contributed by atoms with Crippen molar-refractivity contribution in [1.82, 2.24) is 10.2 Å². The Bertz CT molecular complexity index is 1360. The van der Waals surface area contributed by atoms with Crippen molar-refractivity contribution in [2.45, 2.75) is 62.4 Å². The van der Waals surface area contributed by atoms with Crippen LogP contribution in [0, 0.1) is 3.57 Å². The Morgan fingerprint density at radius 1 is 0.925 bits per heavy atom. The number of anilines is 1. The molecule has 0 radical (unpaired) electrons. The standard InChI is InChI=1S/C31H36IN3O4S/c1-2-29(31(37)33-26-13-9-10-14-26)34(22-21-24-11-5-3-6-12-24)30(36)23-35(27-19-17-25(32)18-20-27)40(38,39)28-15-7-4-8-16-28/h3-8,11-12,15-20,26,29H,2,9-10,13-14,21-23H2,1H3,(H,33,37). The zero-order chi connectivity index (χ0) is 28.5. The molecule has 3 aromatic carbocycles. The van der Waals surface area contributed by atoms with E-state index in [1.165, 1.54) is 12.1 Å². The van der Waals surface area contributed by atoms with Gasteiger partial charge < -0.3 is 10.2 Å². The van der Waals surface area contributed by atoms with Gasteiger partial charge in [-0.25, -0.2) is 8.42 Å². The van der Waals surface area contributed by atoms with Gasteiger partial charge in [0, 0.05) is 16.2 Å². The van der Waals surface area contributed by atoms with Crippen LogP contribution in [0.2, 0.25) is 0 Å². The lowest BCUT2D eigenvalue weighted by atomic mass is 10.1. The van der Waals surface area contributed by atoms with E-state index in [-0.39, 0.29) is 16.8 Å². The molecular formula is C31H36IN3O4S. The van der Waals surface area contributed by atoms with Crippen LogP contribution in [0.1, 0.15) is 44.6 Å². The number of nitrogens with one attached hydrogen (secondary N) is 1. The summed E-state index contributed by atoms with van der Waals surface area (Å²) in [6, 6.07) is 24.4. The largest absolute Gasteiger partial charge is 0.352 e. The van der Waals surface area contributed by atoms with Gasteiger partial charge in [-0.2, -0.15) is 0 Å². The van der Waals surface area contributed by atoms with Gasteiger partial charge in [-0.1, -0.05) is 68.3 Å². The van der Waals surface area contributed by atoms with E-state index >= 15 is 0 Å². The second kappa shape index (κ2) is 14.1. The van der Waals surface area contributed by atoms with Gasteiger partial charge in [0.25, 0.3) is 10.0 Å². The SMILES string of the molecule is CCC(C(=O)NC1CCCC1)N(CCc1ccccc1)C(=O)CN(c1ccc(I)cc1)S(=O)(=O)c1ccccc1. The zero-order valence-electron chi connectivity index (χ0n) is 22.7. The summed E-state index contributed by atoms with van der Waals surface area (Å²) in [6.45, 7) is 1.77. The van der Waals surface area contributed by atoms with Gasteiger partial charge in [0.15, 0.2) is 0 Å². The quantitative estimate of drug-likeness (QED) is 0.261. The summed E-state index contributed by atoms with van der Waals surface area (Å²) in [5, 5.41) is 3.15. The molecule has 0 bridgehead atoms. The Morgan fingerprint density at radius 2 is 1.52 bits per heavy atom. The van der Waals surface area contributed by atoms with Gasteiger partial charge in [0.2, 0.25) is 11.8 Å². The number of halogens is 1. The van der Waals surface area contributed by atoms with Crippen molar-refractivity contribution in [1.29, 1.82) is 0 Å². The average molecular weight is 674 g/mol. The highest BCUT2D eigenvalue weighted by Gasteiger charge is 2.34. The molecule has 2 amide bonds. The normalized spacial score (nSPS) is 14.4. The molecule has 1 N–H and O–H groups in total. The molecule has 1 aliphatic rings. The Balaban J connectivity index is 1.65. The summed E-state index contributed by atoms with van der Waals surface area (Å²) in [7, 11) is -4.05. The van der Waals surface area contributed by atoms with E-state index in [9.17, 15) is 18.0 Å². The Kier molecular flexibility index (Phi) is 10.6. The third-order valence-corrected chi connectivity index (χ3v) is 9.80. The molecule has 0 spiro atoms. The minimum absolute atomic E-state index is 0.100. The van der Waals surface area contributed by atoms with Gasteiger partial charge >= 0.3 is 0 Å². The average Bonchev–Trinajstić information content (AvgIpc) is 3.48. The van der Waals surface area contributed by atoms with Crippen LogP contribution in [-0.4, -0.2) is 50.3 Å². The molecule has 1 aliphatic carbocycles. The number of nitrogens with zero attached hydrogens (tertiary/aromatic N) is 2. The van der Waals surface area contributed by atoms with E-state index in [1.54, 1.807) is 35.2 Å². The first kappa shape index (κ1) is 30.0. The summed E-state index contributed by atoms with van der Waals surface area (Å²) in [4.78, 5) is 29.2. The number of rotatable bonds is 12. The lowest BCUT2D eigenvalue weighted by Gasteiger charge is -2.33. The number of hydrogen-bond acceptors (Lipinski definition) is 4. The lowest BCUT2D eigenvalue weighted by Crippen LogP contribution is -2.54. The van der Waals surface area contributed by atoms with Crippen LogP contribution in [0.3, 0.4) is 0 Å². The third kappa shape index (κ3) is 7.63. The molecule has 40 heavy (non-hydrogen) atoms. The number of amides is 2. The molecule has 212 valence electrons. The van der Waals surface area contributed by atoms with Crippen LogP contribution in [0.25, 0.3) is 0 Å². The van der Waals surface area contributed by atoms with Crippen LogP contribution in [0.5, 0.6) is 0 Å². The maximum Gasteiger partial charge on any atom is 0.264 e. The molecule has 1 saturated carbocycles. The van der Waals surface area contributed by atoms with Crippen molar-refractivity contribution in [3.8, 4) is 0 Å². The first-order valence-corrected chi connectivity index (χ1v) is 16.3. The molecule has 3 aromatic rings. The molecule has 1 unspecified atom stereocenters. The van der Waals surface area contributed by atoms with E-state index in [4.69, 9.17) is 0 Å². The van der Waals surface area contributed by atoms with E-state index in [1.807, 2.05) is 49.4 Å². The Labute approximate surface area is 251 Å². The molecule has 1 fully saturated rings. The van der Waals surface area contributed by atoms with Crippen LogP contribution >= 0.6 is 22.6 Å². The highest BCUT2D eigenvalue weighted by atomic mass is 127. The highest BCUT2D eigenvalue weighted by molar-refractivity contribution is 14.1. The van der Waals surface area contributed by atoms with Crippen LogP contribution < -0.4 is 9.62 Å². The number of carbonyl (C=O) groups is 2. The van der Waals surface area contributed by atoms with Crippen molar-refractivity contribution in [3.05, 3.63) is 94.1 Å². The highest BCUT2D eigenvalue weighted by Crippen LogP contribution is 2.25. The third-order valence-electron chi connectivity index (χ3n) is 7.30. The molecule has 1 atom stereocenters. The van der Waals surface area contributed by atoms with E-state index in [2.05, 4.69) is 27.9 Å².